The summed E-state index contributed by atoms with van der Waals surface area (Å²) >= 11 is 0. The van der Waals surface area contributed by atoms with Crippen LogP contribution in [-0.2, 0) is 4.79 Å². The molecule has 0 unspecified atom stereocenters. The molecule has 1 aliphatic heterocycles. The Morgan fingerprint density at radius 1 is 1.44 bits per heavy atom. The zero-order valence-corrected chi connectivity index (χ0v) is 8.63. The third-order valence-corrected chi connectivity index (χ3v) is 2.26. The Morgan fingerprint density at radius 3 is 2.94 bits per heavy atom. The van der Waals surface area contributed by atoms with E-state index in [9.17, 15) is 9.90 Å². The van der Waals surface area contributed by atoms with Gasteiger partial charge < -0.3 is 10.4 Å². The Balaban J connectivity index is 2.06. The molecule has 2 rings (SSSR count). The second-order valence-electron chi connectivity index (χ2n) is 3.38. The van der Waals surface area contributed by atoms with Crippen molar-refractivity contribution in [2.45, 2.75) is 0 Å². The molecule has 0 saturated carbocycles. The highest BCUT2D eigenvalue weighted by atomic mass is 16.3. The summed E-state index contributed by atoms with van der Waals surface area (Å²) < 4.78 is 0. The summed E-state index contributed by atoms with van der Waals surface area (Å²) in [6.45, 7) is 0.490. The zero-order valence-electron chi connectivity index (χ0n) is 8.63. The molecular weight excluding hydrogens is 204 g/mol. The topological polar surface area (TPSA) is 52.6 Å². The molecule has 0 atom stereocenters. The Morgan fingerprint density at radius 2 is 2.25 bits per heavy atom. The van der Waals surface area contributed by atoms with Crippen LogP contribution in [0.4, 0.5) is 0 Å². The van der Waals surface area contributed by atoms with Crippen molar-refractivity contribution in [3.8, 4) is 5.75 Å². The number of hydrogen-bond acceptors (Lipinski definition) is 3. The first kappa shape index (κ1) is 10.3. The Kier molecular flexibility index (Phi) is 2.91. The second kappa shape index (κ2) is 4.53. The van der Waals surface area contributed by atoms with Gasteiger partial charge in [0.15, 0.2) is 0 Å². The Bertz CT molecular complexity index is 452. The lowest BCUT2D eigenvalue weighted by atomic mass is 10.2. The summed E-state index contributed by atoms with van der Waals surface area (Å²) in [6.07, 6.45) is 6.43. The maximum atomic E-state index is 11.6. The van der Waals surface area contributed by atoms with Crippen LogP contribution in [0.1, 0.15) is 5.56 Å². The van der Waals surface area contributed by atoms with E-state index >= 15 is 0 Å². The first-order valence-electron chi connectivity index (χ1n) is 4.94. The number of carbonyl (C=O) groups is 1. The molecule has 0 bridgehead atoms. The van der Waals surface area contributed by atoms with Crippen LogP contribution in [-0.4, -0.2) is 22.6 Å². The van der Waals surface area contributed by atoms with Gasteiger partial charge in [-0.15, -0.1) is 0 Å². The van der Waals surface area contributed by atoms with Crippen molar-refractivity contribution in [1.29, 1.82) is 0 Å². The summed E-state index contributed by atoms with van der Waals surface area (Å²) in [4.78, 5) is 13.1. The van der Waals surface area contributed by atoms with Gasteiger partial charge in [0, 0.05) is 24.0 Å². The Labute approximate surface area is 93.5 Å². The standard InChI is InChI=1S/C12H12N2O2/c15-11-4-2-1-3-10(11)5-6-12(16)14-8-7-13-9-14/h1-8,13,15H,9H2/b6-5+. The lowest BCUT2D eigenvalue weighted by Gasteiger charge is -2.08. The number of amides is 1. The highest BCUT2D eigenvalue weighted by Gasteiger charge is 2.09. The van der Waals surface area contributed by atoms with Crippen LogP contribution < -0.4 is 5.32 Å². The quantitative estimate of drug-likeness (QED) is 0.732. The molecule has 4 nitrogen and oxygen atoms in total. The number of rotatable bonds is 2. The molecule has 0 fully saturated rings. The monoisotopic (exact) mass is 216 g/mol. The molecule has 4 heteroatoms. The van der Waals surface area contributed by atoms with Crippen LogP contribution in [0.25, 0.3) is 6.08 Å². The SMILES string of the molecule is O=C(/C=C/c1ccccc1O)N1C=CNC1. The van der Waals surface area contributed by atoms with Crippen LogP contribution in [0.15, 0.2) is 42.7 Å². The number of nitrogens with one attached hydrogen (secondary N) is 1. The molecule has 0 spiro atoms. The van der Waals surface area contributed by atoms with Gasteiger partial charge in [-0.25, -0.2) is 0 Å². The average molecular weight is 216 g/mol. The van der Waals surface area contributed by atoms with Gasteiger partial charge >= 0.3 is 0 Å². The van der Waals surface area contributed by atoms with E-state index in [0.717, 1.165) is 0 Å². The van der Waals surface area contributed by atoms with Crippen LogP contribution in [0.5, 0.6) is 5.75 Å². The largest absolute Gasteiger partial charge is 0.507 e. The molecule has 0 aromatic heterocycles. The molecule has 1 heterocycles. The van der Waals surface area contributed by atoms with Crippen LogP contribution >= 0.6 is 0 Å². The predicted molar refractivity (Wildman–Crippen MR) is 61.1 cm³/mol. The van der Waals surface area contributed by atoms with Gasteiger partial charge in [-0.1, -0.05) is 18.2 Å². The van der Waals surface area contributed by atoms with Crippen LogP contribution in [0, 0.1) is 0 Å². The first-order valence-corrected chi connectivity index (χ1v) is 4.94. The summed E-state index contributed by atoms with van der Waals surface area (Å²) in [5, 5.41) is 12.4. The van der Waals surface area contributed by atoms with Gasteiger partial charge in [0.2, 0.25) is 0 Å². The fourth-order valence-corrected chi connectivity index (χ4v) is 1.38. The molecule has 0 saturated heterocycles. The number of benzene rings is 1. The molecule has 1 aromatic carbocycles. The number of nitrogens with zero attached hydrogens (tertiary/aromatic N) is 1. The number of phenols is 1. The van der Waals surface area contributed by atoms with Gasteiger partial charge in [0.25, 0.3) is 5.91 Å². The highest BCUT2D eigenvalue weighted by molar-refractivity contribution is 5.92. The molecule has 0 aliphatic carbocycles. The van der Waals surface area contributed by atoms with Crippen molar-refractivity contribution in [3.63, 3.8) is 0 Å². The maximum absolute atomic E-state index is 11.6. The van der Waals surface area contributed by atoms with E-state index in [0.29, 0.717) is 12.2 Å². The van der Waals surface area contributed by atoms with Crippen molar-refractivity contribution in [2.24, 2.45) is 0 Å². The first-order chi connectivity index (χ1) is 7.77. The summed E-state index contributed by atoms with van der Waals surface area (Å²) in [5.41, 5.74) is 0.631. The molecule has 82 valence electrons. The van der Waals surface area contributed by atoms with Gasteiger partial charge in [-0.05, 0) is 12.1 Å². The number of phenolic OH excluding ortho intramolecular Hbond substituents is 1. The minimum atomic E-state index is -0.121. The number of hydrogen-bond donors (Lipinski definition) is 2. The third-order valence-electron chi connectivity index (χ3n) is 2.26. The smallest absolute Gasteiger partial charge is 0.252 e. The summed E-state index contributed by atoms with van der Waals surface area (Å²) in [6, 6.07) is 6.88. The van der Waals surface area contributed by atoms with Gasteiger partial charge in [-0.2, -0.15) is 0 Å². The molecule has 1 amide bonds. The number of carbonyl (C=O) groups excluding carboxylic acids is 1. The van der Waals surface area contributed by atoms with E-state index < -0.39 is 0 Å². The van der Waals surface area contributed by atoms with Crippen molar-refractivity contribution in [1.82, 2.24) is 10.2 Å². The number of para-hydroxylation sites is 1. The average Bonchev–Trinajstić information content (AvgIpc) is 2.81. The lowest BCUT2D eigenvalue weighted by Crippen LogP contribution is -2.25. The van der Waals surface area contributed by atoms with E-state index in [1.165, 1.54) is 11.0 Å². The lowest BCUT2D eigenvalue weighted by molar-refractivity contribution is -0.123. The van der Waals surface area contributed by atoms with Crippen LogP contribution in [0.2, 0.25) is 0 Å². The van der Waals surface area contributed by atoms with Gasteiger partial charge in [0.1, 0.15) is 5.75 Å². The van der Waals surface area contributed by atoms with Crippen molar-refractivity contribution >= 4 is 12.0 Å². The Hall–Kier alpha value is -2.23. The fourth-order valence-electron chi connectivity index (χ4n) is 1.38. The van der Waals surface area contributed by atoms with Crippen molar-refractivity contribution in [3.05, 3.63) is 48.3 Å². The maximum Gasteiger partial charge on any atom is 0.252 e. The predicted octanol–water partition coefficient (Wildman–Crippen LogP) is 1.27. The van der Waals surface area contributed by atoms with Crippen LogP contribution in [0.3, 0.4) is 0 Å². The molecule has 1 aromatic rings. The minimum Gasteiger partial charge on any atom is -0.507 e. The van der Waals surface area contributed by atoms with E-state index in [1.807, 2.05) is 0 Å². The van der Waals surface area contributed by atoms with E-state index in [1.54, 1.807) is 42.7 Å². The molecule has 16 heavy (non-hydrogen) atoms. The number of aromatic hydroxyl groups is 1. The zero-order chi connectivity index (χ0) is 11.4. The molecular formula is C12H12N2O2. The highest BCUT2D eigenvalue weighted by Crippen LogP contribution is 2.17. The molecule has 1 aliphatic rings. The summed E-state index contributed by atoms with van der Waals surface area (Å²) in [7, 11) is 0. The van der Waals surface area contributed by atoms with Crippen molar-refractivity contribution < 1.29 is 9.90 Å². The van der Waals surface area contributed by atoms with Crippen molar-refractivity contribution in [2.75, 3.05) is 6.67 Å². The second-order valence-corrected chi connectivity index (χ2v) is 3.38. The van der Waals surface area contributed by atoms with E-state index in [4.69, 9.17) is 0 Å². The molecule has 0 radical (unpaired) electrons. The van der Waals surface area contributed by atoms with Gasteiger partial charge in [0.05, 0.1) is 6.67 Å². The summed E-state index contributed by atoms with van der Waals surface area (Å²) in [5.74, 6) is 0.0474. The fraction of sp³-hybridized carbons (Fsp3) is 0.0833. The normalized spacial score (nSPS) is 14.4. The van der Waals surface area contributed by atoms with E-state index in [-0.39, 0.29) is 11.7 Å². The minimum absolute atomic E-state index is 0.121. The third kappa shape index (κ3) is 2.23. The molecule has 2 N–H and O–H groups in total. The van der Waals surface area contributed by atoms with E-state index in [2.05, 4.69) is 5.32 Å². The van der Waals surface area contributed by atoms with Gasteiger partial charge in [-0.3, -0.25) is 9.69 Å².